The lowest BCUT2D eigenvalue weighted by Gasteiger charge is -2.46. The summed E-state index contributed by atoms with van der Waals surface area (Å²) < 4.78 is 14.8. The number of carbonyl (C=O) groups excluding carboxylic acids is 3. The van der Waals surface area contributed by atoms with Crippen LogP contribution in [0.3, 0.4) is 0 Å². The average molecular weight is 387 g/mol. The van der Waals surface area contributed by atoms with Crippen LogP contribution in [0.5, 0.6) is 0 Å². The second-order valence-corrected chi connectivity index (χ2v) is 8.31. The molecular formula is C18H33N3O6. The van der Waals surface area contributed by atoms with Crippen LogP contribution in [0.1, 0.15) is 47.0 Å². The van der Waals surface area contributed by atoms with E-state index in [2.05, 4.69) is 41.5 Å². The van der Waals surface area contributed by atoms with Gasteiger partial charge in [-0.25, -0.2) is 14.4 Å². The summed E-state index contributed by atoms with van der Waals surface area (Å²) in [5, 5.41) is 7.99. The quantitative estimate of drug-likeness (QED) is 0.603. The first-order chi connectivity index (χ1) is 12.5. The Morgan fingerprint density at radius 1 is 1.11 bits per heavy atom. The predicted octanol–water partition coefficient (Wildman–Crippen LogP) is 2.40. The van der Waals surface area contributed by atoms with Crippen LogP contribution in [-0.4, -0.2) is 57.7 Å². The van der Waals surface area contributed by atoms with Gasteiger partial charge in [0.25, 0.3) is 0 Å². The molecule has 9 nitrogen and oxygen atoms in total. The van der Waals surface area contributed by atoms with Gasteiger partial charge in [-0.2, -0.15) is 0 Å². The highest BCUT2D eigenvalue weighted by Crippen LogP contribution is 2.45. The lowest BCUT2D eigenvalue weighted by Crippen LogP contribution is -2.50. The van der Waals surface area contributed by atoms with Gasteiger partial charge < -0.3 is 30.2 Å². The van der Waals surface area contributed by atoms with E-state index in [1.807, 2.05) is 0 Å². The van der Waals surface area contributed by atoms with Gasteiger partial charge in [0, 0.05) is 19.6 Å². The number of alkyl carbamates (subject to hydrolysis) is 3. The van der Waals surface area contributed by atoms with Crippen molar-refractivity contribution in [2.45, 2.75) is 59.1 Å². The average Bonchev–Trinajstić information content (AvgIpc) is 2.55. The Kier molecular flexibility index (Phi) is 8.18. The fraction of sp³-hybridized carbons (Fsp3) is 0.833. The molecule has 0 radical (unpaired) electrons. The van der Waals surface area contributed by atoms with Gasteiger partial charge in [-0.05, 0) is 37.0 Å². The van der Waals surface area contributed by atoms with Gasteiger partial charge in [0.2, 0.25) is 0 Å². The highest BCUT2D eigenvalue weighted by atomic mass is 16.6. The van der Waals surface area contributed by atoms with E-state index in [-0.39, 0.29) is 23.5 Å². The molecule has 156 valence electrons. The monoisotopic (exact) mass is 387 g/mol. The second-order valence-electron chi connectivity index (χ2n) is 8.31. The number of carbonyl (C=O) groups is 3. The third kappa shape index (κ3) is 8.36. The Morgan fingerprint density at radius 2 is 1.78 bits per heavy atom. The Hall–Kier alpha value is -2.19. The minimum Gasteiger partial charge on any atom is -0.453 e. The Labute approximate surface area is 160 Å². The molecule has 0 saturated heterocycles. The zero-order valence-electron chi connectivity index (χ0n) is 17.1. The molecule has 3 N–H and O–H groups in total. The lowest BCUT2D eigenvalue weighted by atomic mass is 9.62. The number of rotatable bonds is 6. The molecule has 0 aromatic carbocycles. The van der Waals surface area contributed by atoms with Gasteiger partial charge in [-0.15, -0.1) is 0 Å². The van der Waals surface area contributed by atoms with Gasteiger partial charge in [-0.3, -0.25) is 0 Å². The molecule has 0 aliphatic heterocycles. The van der Waals surface area contributed by atoms with Crippen molar-refractivity contribution >= 4 is 18.3 Å². The summed E-state index contributed by atoms with van der Waals surface area (Å²) in [6, 6.07) is -0.0854. The smallest absolute Gasteiger partial charge is 0.407 e. The molecule has 3 unspecified atom stereocenters. The standard InChI is InChI=1S/C18H33N3O6/c1-12(9-26-14(22)19-5)27-16(24)21-13-7-17(2,3)10-18(4,8-13)11-20-15(23)25-6/h12-13H,7-11H2,1-6H3,(H,19,22)(H,20,23)(H,21,24). The van der Waals surface area contributed by atoms with Crippen molar-refractivity contribution in [1.82, 2.24) is 16.0 Å². The molecule has 0 bridgehead atoms. The maximum atomic E-state index is 12.2. The molecule has 0 aromatic heterocycles. The predicted molar refractivity (Wildman–Crippen MR) is 99.4 cm³/mol. The molecule has 27 heavy (non-hydrogen) atoms. The van der Waals surface area contributed by atoms with Crippen molar-refractivity contribution in [2.75, 3.05) is 27.3 Å². The largest absolute Gasteiger partial charge is 0.453 e. The Balaban J connectivity index is 2.58. The van der Waals surface area contributed by atoms with E-state index in [0.29, 0.717) is 13.0 Å². The van der Waals surface area contributed by atoms with E-state index in [4.69, 9.17) is 9.47 Å². The first kappa shape index (κ1) is 22.9. The number of ether oxygens (including phenoxy) is 3. The van der Waals surface area contributed by atoms with Gasteiger partial charge in [0.1, 0.15) is 12.7 Å². The minimum atomic E-state index is -0.575. The van der Waals surface area contributed by atoms with Crippen molar-refractivity contribution in [2.24, 2.45) is 10.8 Å². The third-order valence-corrected chi connectivity index (χ3v) is 4.57. The van der Waals surface area contributed by atoms with Crippen molar-refractivity contribution in [3.8, 4) is 0 Å². The van der Waals surface area contributed by atoms with Crippen LogP contribution in [-0.2, 0) is 14.2 Å². The van der Waals surface area contributed by atoms with Crippen LogP contribution in [0, 0.1) is 10.8 Å². The van der Waals surface area contributed by atoms with Gasteiger partial charge in [-0.1, -0.05) is 20.8 Å². The zero-order valence-corrected chi connectivity index (χ0v) is 17.1. The number of nitrogens with one attached hydrogen (secondary N) is 3. The maximum absolute atomic E-state index is 12.2. The molecule has 3 atom stereocenters. The molecule has 9 heteroatoms. The van der Waals surface area contributed by atoms with Gasteiger partial charge >= 0.3 is 18.3 Å². The minimum absolute atomic E-state index is 0.00329. The van der Waals surface area contributed by atoms with E-state index in [0.717, 1.165) is 12.8 Å². The van der Waals surface area contributed by atoms with E-state index < -0.39 is 24.4 Å². The van der Waals surface area contributed by atoms with Crippen LogP contribution in [0.25, 0.3) is 0 Å². The van der Waals surface area contributed by atoms with Crippen LogP contribution in [0.2, 0.25) is 0 Å². The summed E-state index contributed by atoms with van der Waals surface area (Å²) in [5.74, 6) is 0. The highest BCUT2D eigenvalue weighted by molar-refractivity contribution is 5.68. The molecule has 1 rings (SSSR count). The fourth-order valence-corrected chi connectivity index (χ4v) is 3.91. The normalized spacial score (nSPS) is 24.9. The summed E-state index contributed by atoms with van der Waals surface area (Å²) in [6.45, 7) is 8.46. The molecule has 0 spiro atoms. The van der Waals surface area contributed by atoms with E-state index in [9.17, 15) is 14.4 Å². The Bertz CT molecular complexity index is 539. The molecule has 1 aliphatic carbocycles. The van der Waals surface area contributed by atoms with Gasteiger partial charge in [0.05, 0.1) is 7.11 Å². The van der Waals surface area contributed by atoms with Crippen molar-refractivity contribution in [3.63, 3.8) is 0 Å². The summed E-state index contributed by atoms with van der Waals surface area (Å²) in [5.41, 5.74) is -0.182. The molecule has 1 aliphatic rings. The first-order valence-electron chi connectivity index (χ1n) is 9.12. The maximum Gasteiger partial charge on any atom is 0.407 e. The molecule has 0 heterocycles. The highest BCUT2D eigenvalue weighted by Gasteiger charge is 2.42. The lowest BCUT2D eigenvalue weighted by molar-refractivity contribution is 0.0389. The summed E-state index contributed by atoms with van der Waals surface area (Å²) in [7, 11) is 2.79. The van der Waals surface area contributed by atoms with Gasteiger partial charge in [0.15, 0.2) is 0 Å². The van der Waals surface area contributed by atoms with Crippen LogP contribution in [0.15, 0.2) is 0 Å². The van der Waals surface area contributed by atoms with Crippen molar-refractivity contribution < 1.29 is 28.6 Å². The third-order valence-electron chi connectivity index (χ3n) is 4.57. The van der Waals surface area contributed by atoms with E-state index in [1.54, 1.807) is 6.92 Å². The van der Waals surface area contributed by atoms with Crippen molar-refractivity contribution in [3.05, 3.63) is 0 Å². The van der Waals surface area contributed by atoms with Crippen LogP contribution >= 0.6 is 0 Å². The molecular weight excluding hydrogens is 354 g/mol. The summed E-state index contributed by atoms with van der Waals surface area (Å²) in [6.07, 6.45) is 0.271. The van der Waals surface area contributed by atoms with Crippen LogP contribution < -0.4 is 16.0 Å². The number of methoxy groups -OCH3 is 1. The number of hydrogen-bond acceptors (Lipinski definition) is 6. The fourth-order valence-electron chi connectivity index (χ4n) is 3.91. The SMILES string of the molecule is CNC(=O)OCC(C)OC(=O)NC1CC(C)(C)CC(C)(CNC(=O)OC)C1. The summed E-state index contributed by atoms with van der Waals surface area (Å²) in [4.78, 5) is 34.7. The van der Waals surface area contributed by atoms with Crippen molar-refractivity contribution in [1.29, 1.82) is 0 Å². The number of hydrogen-bond donors (Lipinski definition) is 3. The zero-order chi connectivity index (χ0) is 20.7. The number of amides is 3. The topological polar surface area (TPSA) is 115 Å². The molecule has 1 saturated carbocycles. The second kappa shape index (κ2) is 9.66. The Morgan fingerprint density at radius 3 is 2.37 bits per heavy atom. The molecule has 1 fully saturated rings. The van der Waals surface area contributed by atoms with E-state index >= 15 is 0 Å². The first-order valence-corrected chi connectivity index (χ1v) is 9.12. The van der Waals surface area contributed by atoms with E-state index in [1.165, 1.54) is 14.2 Å². The van der Waals surface area contributed by atoms with Crippen LogP contribution in [0.4, 0.5) is 14.4 Å². The molecule has 3 amide bonds. The summed E-state index contributed by atoms with van der Waals surface area (Å²) >= 11 is 0. The molecule has 0 aromatic rings.